The van der Waals surface area contributed by atoms with Crippen LogP contribution in [0.1, 0.15) is 35.6 Å². The van der Waals surface area contributed by atoms with E-state index in [9.17, 15) is 4.79 Å². The third-order valence-electron chi connectivity index (χ3n) is 6.16. The standard InChI is InChI=1S/C31H24FN3O3/c1-2-24(21-11-13-23(14-12-21)38-28-5-3-4-18-33-28)30(22-9-6-20(7-10-22)8-17-29(36)37)25-15-16-27-26(31(25)32)19-34-35-27/h3-19H,2H2,1H3,(H,34,35)(H,36,37)/b17-8+,30-24+. The van der Waals surface area contributed by atoms with Crippen molar-refractivity contribution in [3.63, 3.8) is 0 Å². The number of aliphatic carboxylic acids is 1. The van der Waals surface area contributed by atoms with Crippen LogP contribution in [0, 0.1) is 5.82 Å². The molecule has 0 saturated heterocycles. The number of carbonyl (C=O) groups is 1. The third-order valence-corrected chi connectivity index (χ3v) is 6.16. The van der Waals surface area contributed by atoms with Crippen LogP contribution in [0.3, 0.4) is 0 Å². The van der Waals surface area contributed by atoms with Crippen molar-refractivity contribution in [2.24, 2.45) is 0 Å². The van der Waals surface area contributed by atoms with Gasteiger partial charge in [-0.1, -0.05) is 49.4 Å². The maximum atomic E-state index is 15.8. The lowest BCUT2D eigenvalue weighted by Gasteiger charge is -2.18. The van der Waals surface area contributed by atoms with E-state index in [1.54, 1.807) is 18.3 Å². The van der Waals surface area contributed by atoms with Gasteiger partial charge in [0, 0.05) is 23.9 Å². The summed E-state index contributed by atoms with van der Waals surface area (Å²) >= 11 is 0. The number of nitrogens with one attached hydrogen (secondary N) is 1. The molecule has 2 heterocycles. The normalized spacial score (nSPS) is 12.1. The van der Waals surface area contributed by atoms with Crippen molar-refractivity contribution in [3.05, 3.63) is 125 Å². The van der Waals surface area contributed by atoms with Crippen molar-refractivity contribution in [2.45, 2.75) is 13.3 Å². The Morgan fingerprint density at radius 3 is 2.45 bits per heavy atom. The molecule has 0 aliphatic rings. The van der Waals surface area contributed by atoms with Gasteiger partial charge in [-0.05, 0) is 70.7 Å². The van der Waals surface area contributed by atoms with Gasteiger partial charge in [0.05, 0.1) is 17.1 Å². The molecule has 0 atom stereocenters. The topological polar surface area (TPSA) is 88.1 Å². The Labute approximate surface area is 218 Å². The van der Waals surface area contributed by atoms with Crippen LogP contribution in [0.25, 0.3) is 28.1 Å². The zero-order valence-electron chi connectivity index (χ0n) is 20.6. The minimum absolute atomic E-state index is 0.359. The van der Waals surface area contributed by atoms with Gasteiger partial charge in [-0.25, -0.2) is 14.2 Å². The van der Waals surface area contributed by atoms with Gasteiger partial charge in [0.15, 0.2) is 0 Å². The second-order valence-corrected chi connectivity index (χ2v) is 8.55. The monoisotopic (exact) mass is 505 g/mol. The number of pyridine rings is 1. The molecule has 3 aromatic carbocycles. The van der Waals surface area contributed by atoms with Crippen LogP contribution in [-0.4, -0.2) is 26.3 Å². The Morgan fingerprint density at radius 1 is 1.00 bits per heavy atom. The number of aromatic amines is 1. The Hall–Kier alpha value is -5.04. The summed E-state index contributed by atoms with van der Waals surface area (Å²) in [6.45, 7) is 2.03. The van der Waals surface area contributed by atoms with E-state index in [4.69, 9.17) is 9.84 Å². The fourth-order valence-corrected chi connectivity index (χ4v) is 4.37. The number of fused-ring (bicyclic) bond motifs is 1. The van der Waals surface area contributed by atoms with E-state index < -0.39 is 5.97 Å². The first kappa shape index (κ1) is 24.6. The van der Waals surface area contributed by atoms with E-state index in [1.807, 2.05) is 73.7 Å². The van der Waals surface area contributed by atoms with Gasteiger partial charge in [-0.15, -0.1) is 0 Å². The average Bonchev–Trinajstić information content (AvgIpc) is 3.43. The highest BCUT2D eigenvalue weighted by Crippen LogP contribution is 2.38. The zero-order chi connectivity index (χ0) is 26.5. The van der Waals surface area contributed by atoms with E-state index in [0.29, 0.717) is 34.5 Å². The van der Waals surface area contributed by atoms with Crippen LogP contribution in [0.5, 0.6) is 11.6 Å². The number of hydrogen-bond donors (Lipinski definition) is 2. The summed E-state index contributed by atoms with van der Waals surface area (Å²) in [5.74, 6) is -0.235. The van der Waals surface area contributed by atoms with Crippen LogP contribution in [0.15, 0.2) is 97.3 Å². The molecule has 0 unspecified atom stereocenters. The van der Waals surface area contributed by atoms with Crippen molar-refractivity contribution in [2.75, 3.05) is 0 Å². The van der Waals surface area contributed by atoms with Crippen LogP contribution in [0.4, 0.5) is 4.39 Å². The summed E-state index contributed by atoms with van der Waals surface area (Å²) in [6.07, 6.45) is 6.40. The highest BCUT2D eigenvalue weighted by atomic mass is 19.1. The molecule has 0 aliphatic heterocycles. The molecule has 0 aliphatic carbocycles. The molecule has 0 fully saturated rings. The zero-order valence-corrected chi connectivity index (χ0v) is 20.6. The molecule has 38 heavy (non-hydrogen) atoms. The van der Waals surface area contributed by atoms with Crippen LogP contribution < -0.4 is 4.74 Å². The Kier molecular flexibility index (Phi) is 7.08. The van der Waals surface area contributed by atoms with Crippen molar-refractivity contribution in [1.29, 1.82) is 0 Å². The maximum Gasteiger partial charge on any atom is 0.328 e. The van der Waals surface area contributed by atoms with Crippen LogP contribution in [-0.2, 0) is 4.79 Å². The predicted molar refractivity (Wildman–Crippen MR) is 146 cm³/mol. The van der Waals surface area contributed by atoms with E-state index >= 15 is 4.39 Å². The smallest absolute Gasteiger partial charge is 0.328 e. The van der Waals surface area contributed by atoms with E-state index in [1.165, 1.54) is 12.3 Å². The summed E-state index contributed by atoms with van der Waals surface area (Å²) in [6, 6.07) is 24.1. The molecule has 0 bridgehead atoms. The van der Waals surface area contributed by atoms with Gasteiger partial charge < -0.3 is 9.84 Å². The largest absolute Gasteiger partial charge is 0.478 e. The third kappa shape index (κ3) is 5.22. The van der Waals surface area contributed by atoms with Crippen molar-refractivity contribution in [1.82, 2.24) is 15.2 Å². The van der Waals surface area contributed by atoms with Gasteiger partial charge in [-0.2, -0.15) is 5.10 Å². The van der Waals surface area contributed by atoms with Crippen molar-refractivity contribution >= 4 is 34.1 Å². The molecule has 6 nitrogen and oxygen atoms in total. The van der Waals surface area contributed by atoms with Gasteiger partial charge in [0.2, 0.25) is 5.88 Å². The molecule has 0 amide bonds. The highest BCUT2D eigenvalue weighted by Gasteiger charge is 2.19. The first-order valence-corrected chi connectivity index (χ1v) is 12.1. The number of hydrogen-bond acceptors (Lipinski definition) is 4. The predicted octanol–water partition coefficient (Wildman–Crippen LogP) is 7.36. The minimum atomic E-state index is -1.02. The summed E-state index contributed by atoms with van der Waals surface area (Å²) < 4.78 is 21.7. The number of carboxylic acids is 1. The average molecular weight is 506 g/mol. The Balaban J connectivity index is 1.62. The first-order chi connectivity index (χ1) is 18.5. The number of carboxylic acid groups (broad SMARTS) is 1. The summed E-state index contributed by atoms with van der Waals surface area (Å²) in [5, 5.41) is 16.2. The lowest BCUT2D eigenvalue weighted by Crippen LogP contribution is -1.99. The second kappa shape index (κ2) is 10.9. The Bertz CT molecular complexity index is 1640. The highest BCUT2D eigenvalue weighted by molar-refractivity contribution is 6.01. The van der Waals surface area contributed by atoms with Crippen molar-refractivity contribution < 1.29 is 19.0 Å². The fraction of sp³-hybridized carbons (Fsp3) is 0.0645. The lowest BCUT2D eigenvalue weighted by atomic mass is 9.87. The number of nitrogens with zero attached hydrogens (tertiary/aromatic N) is 2. The number of rotatable bonds is 8. The molecule has 188 valence electrons. The van der Waals surface area contributed by atoms with Gasteiger partial charge in [0.25, 0.3) is 0 Å². The molecule has 2 N–H and O–H groups in total. The SMILES string of the molecule is CC/C(=C(/c1ccc(/C=C/C(=O)O)cc1)c1ccc2[nH]ncc2c1F)c1ccc(Oc2ccccn2)cc1. The number of benzene rings is 3. The van der Waals surface area contributed by atoms with Crippen LogP contribution in [0.2, 0.25) is 0 Å². The fourth-order valence-electron chi connectivity index (χ4n) is 4.37. The molecule has 5 aromatic rings. The molecule has 0 spiro atoms. The van der Waals surface area contributed by atoms with E-state index in [2.05, 4.69) is 15.2 Å². The number of halogens is 1. The molecule has 2 aromatic heterocycles. The molecular weight excluding hydrogens is 481 g/mol. The first-order valence-electron chi connectivity index (χ1n) is 12.1. The lowest BCUT2D eigenvalue weighted by molar-refractivity contribution is -0.131. The number of H-pyrrole nitrogens is 1. The Morgan fingerprint density at radius 2 is 1.76 bits per heavy atom. The molecule has 7 heteroatoms. The summed E-state index contributed by atoms with van der Waals surface area (Å²) in [7, 11) is 0. The van der Waals surface area contributed by atoms with E-state index in [-0.39, 0.29) is 5.82 Å². The molecule has 0 saturated carbocycles. The second-order valence-electron chi connectivity index (χ2n) is 8.55. The minimum Gasteiger partial charge on any atom is -0.478 e. The number of aromatic nitrogens is 3. The van der Waals surface area contributed by atoms with Gasteiger partial charge >= 0.3 is 5.97 Å². The quantitative estimate of drug-likeness (QED) is 0.170. The molecule has 5 rings (SSSR count). The van der Waals surface area contributed by atoms with Crippen molar-refractivity contribution in [3.8, 4) is 11.6 Å². The van der Waals surface area contributed by atoms with Crippen LogP contribution >= 0.6 is 0 Å². The van der Waals surface area contributed by atoms with Gasteiger partial charge in [-0.3, -0.25) is 5.10 Å². The van der Waals surface area contributed by atoms with E-state index in [0.717, 1.165) is 33.9 Å². The molecule has 0 radical (unpaired) electrons. The number of ether oxygens (including phenoxy) is 1. The summed E-state index contributed by atoms with van der Waals surface area (Å²) in [5.41, 5.74) is 5.25. The molecular formula is C31H24FN3O3. The maximum absolute atomic E-state index is 15.8. The summed E-state index contributed by atoms with van der Waals surface area (Å²) in [4.78, 5) is 15.1. The van der Waals surface area contributed by atoms with Gasteiger partial charge in [0.1, 0.15) is 11.6 Å². The number of allylic oxidation sites excluding steroid dienone is 1.